The molecule has 154 valence electrons. The molecule has 3 rings (SSSR count). The number of carbonyl (C=O) groups excluding carboxylic acids is 1. The van der Waals surface area contributed by atoms with Gasteiger partial charge in [-0.05, 0) is 25.0 Å². The third-order valence-corrected chi connectivity index (χ3v) is 4.75. The fourth-order valence-corrected chi connectivity index (χ4v) is 3.19. The standard InChI is InChI=1S/C19H23F2N3O2.C2H6/c20-19(21)8-11-23(12-9-19)16-7-10-22-17(13-16)18(25)24(26)14-15-5-3-1-2-4-6-15;1-2/h1,3-4,6-7,10,13,15,26H,2,5,8-9,11-12,14H2;1-2H3. The van der Waals surface area contributed by atoms with E-state index in [2.05, 4.69) is 4.98 Å². The molecular formula is C21H29F2N3O2. The van der Waals surface area contributed by atoms with Crippen LogP contribution in [-0.4, -0.2) is 46.7 Å². The summed E-state index contributed by atoms with van der Waals surface area (Å²) in [7, 11) is 0. The van der Waals surface area contributed by atoms with E-state index in [4.69, 9.17) is 0 Å². The molecule has 1 N–H and O–H groups in total. The van der Waals surface area contributed by atoms with Crippen molar-refractivity contribution in [3.8, 4) is 0 Å². The van der Waals surface area contributed by atoms with E-state index in [-0.39, 0.29) is 44.1 Å². The molecule has 0 bridgehead atoms. The zero-order valence-corrected chi connectivity index (χ0v) is 16.5. The molecule has 1 aromatic heterocycles. The number of piperidine rings is 1. The van der Waals surface area contributed by atoms with Crippen molar-refractivity contribution in [1.29, 1.82) is 0 Å². The number of rotatable bonds is 4. The minimum atomic E-state index is -2.62. The second-order valence-corrected chi connectivity index (χ2v) is 6.76. The number of halogens is 2. The number of hydrogen-bond acceptors (Lipinski definition) is 4. The second-order valence-electron chi connectivity index (χ2n) is 6.76. The Bertz CT molecular complexity index is 697. The average Bonchev–Trinajstić information content (AvgIpc) is 2.97. The first-order valence-corrected chi connectivity index (χ1v) is 9.86. The minimum Gasteiger partial charge on any atom is -0.371 e. The van der Waals surface area contributed by atoms with Crippen molar-refractivity contribution in [2.75, 3.05) is 24.5 Å². The maximum atomic E-state index is 13.3. The fourth-order valence-electron chi connectivity index (χ4n) is 3.19. The van der Waals surface area contributed by atoms with E-state index in [0.29, 0.717) is 10.8 Å². The smallest absolute Gasteiger partial charge is 0.295 e. The highest BCUT2D eigenvalue weighted by molar-refractivity contribution is 5.92. The SMILES string of the molecule is CC.O=C(c1cc(N2CCC(F)(F)CC2)ccn1)N(O)CC1C=CCC=CC1. The lowest BCUT2D eigenvalue weighted by Crippen LogP contribution is -2.39. The summed E-state index contributed by atoms with van der Waals surface area (Å²) in [6, 6.07) is 3.25. The molecule has 1 aliphatic heterocycles. The molecule has 1 aliphatic carbocycles. The zero-order chi connectivity index (χ0) is 20.6. The number of carbonyl (C=O) groups is 1. The molecular weight excluding hydrogens is 364 g/mol. The molecule has 0 radical (unpaired) electrons. The number of alkyl halides is 2. The summed E-state index contributed by atoms with van der Waals surface area (Å²) in [5.74, 6) is -3.16. The van der Waals surface area contributed by atoms with Gasteiger partial charge < -0.3 is 4.90 Å². The molecule has 1 amide bonds. The van der Waals surface area contributed by atoms with E-state index in [1.807, 2.05) is 43.1 Å². The predicted octanol–water partition coefficient (Wildman–Crippen LogP) is 4.70. The van der Waals surface area contributed by atoms with Crippen molar-refractivity contribution in [1.82, 2.24) is 10.0 Å². The van der Waals surface area contributed by atoms with Crippen LogP contribution < -0.4 is 4.90 Å². The molecule has 2 heterocycles. The van der Waals surface area contributed by atoms with Gasteiger partial charge in [-0.1, -0.05) is 38.2 Å². The summed E-state index contributed by atoms with van der Waals surface area (Å²) in [6.45, 7) is 4.64. The Kier molecular flexibility index (Phi) is 8.11. The van der Waals surface area contributed by atoms with Crippen molar-refractivity contribution < 1.29 is 18.8 Å². The van der Waals surface area contributed by atoms with Crippen LogP contribution in [-0.2, 0) is 0 Å². The summed E-state index contributed by atoms with van der Waals surface area (Å²) in [6.07, 6.45) is 10.8. The van der Waals surface area contributed by atoms with E-state index in [9.17, 15) is 18.8 Å². The number of anilines is 1. The Morgan fingerprint density at radius 1 is 1.29 bits per heavy atom. The molecule has 1 fully saturated rings. The van der Waals surface area contributed by atoms with Crippen LogP contribution in [0.2, 0.25) is 0 Å². The van der Waals surface area contributed by atoms with Crippen LogP contribution in [0.25, 0.3) is 0 Å². The molecule has 1 atom stereocenters. The summed E-state index contributed by atoms with van der Waals surface area (Å²) in [4.78, 5) is 18.3. The predicted molar refractivity (Wildman–Crippen MR) is 106 cm³/mol. The van der Waals surface area contributed by atoms with Crippen LogP contribution in [0.15, 0.2) is 42.6 Å². The summed E-state index contributed by atoms with van der Waals surface area (Å²) in [5, 5.41) is 10.8. The third kappa shape index (κ3) is 6.12. The Morgan fingerprint density at radius 2 is 2.00 bits per heavy atom. The highest BCUT2D eigenvalue weighted by Gasteiger charge is 2.34. The van der Waals surface area contributed by atoms with Gasteiger partial charge in [-0.25, -0.2) is 13.8 Å². The Morgan fingerprint density at radius 3 is 2.71 bits per heavy atom. The molecule has 0 spiro atoms. The number of hydrogen-bond donors (Lipinski definition) is 1. The zero-order valence-electron chi connectivity index (χ0n) is 16.5. The molecule has 2 aliphatic rings. The Hall–Kier alpha value is -2.28. The molecule has 28 heavy (non-hydrogen) atoms. The highest BCUT2D eigenvalue weighted by Crippen LogP contribution is 2.30. The maximum Gasteiger partial charge on any atom is 0.295 e. The van der Waals surface area contributed by atoms with Crippen molar-refractivity contribution >= 4 is 11.6 Å². The van der Waals surface area contributed by atoms with Crippen LogP contribution in [0, 0.1) is 5.92 Å². The van der Waals surface area contributed by atoms with Gasteiger partial charge in [-0.2, -0.15) is 0 Å². The Labute approximate surface area is 165 Å². The minimum absolute atomic E-state index is 0.0511. The number of nitrogens with zero attached hydrogens (tertiary/aromatic N) is 3. The van der Waals surface area contributed by atoms with Crippen molar-refractivity contribution in [3.63, 3.8) is 0 Å². The fraction of sp³-hybridized carbons (Fsp3) is 0.524. The van der Waals surface area contributed by atoms with Gasteiger partial charge in [0.15, 0.2) is 0 Å². The summed E-state index contributed by atoms with van der Waals surface area (Å²) in [5.41, 5.74) is 0.778. The van der Waals surface area contributed by atoms with E-state index in [1.54, 1.807) is 12.1 Å². The van der Waals surface area contributed by atoms with Gasteiger partial charge >= 0.3 is 0 Å². The first-order valence-electron chi connectivity index (χ1n) is 9.86. The molecule has 7 heteroatoms. The van der Waals surface area contributed by atoms with Crippen molar-refractivity contribution in [3.05, 3.63) is 48.3 Å². The van der Waals surface area contributed by atoms with Crippen LogP contribution >= 0.6 is 0 Å². The van der Waals surface area contributed by atoms with Crippen LogP contribution in [0.5, 0.6) is 0 Å². The number of amides is 1. The lowest BCUT2D eigenvalue weighted by Gasteiger charge is -2.33. The van der Waals surface area contributed by atoms with E-state index in [0.717, 1.165) is 12.8 Å². The first kappa shape index (κ1) is 22.0. The van der Waals surface area contributed by atoms with E-state index >= 15 is 0 Å². The number of allylic oxidation sites excluding steroid dienone is 3. The maximum absolute atomic E-state index is 13.3. The largest absolute Gasteiger partial charge is 0.371 e. The average molecular weight is 393 g/mol. The van der Waals surface area contributed by atoms with Crippen LogP contribution in [0.3, 0.4) is 0 Å². The van der Waals surface area contributed by atoms with Crippen LogP contribution in [0.4, 0.5) is 14.5 Å². The van der Waals surface area contributed by atoms with Crippen LogP contribution in [0.1, 0.15) is 50.0 Å². The normalized spacial score (nSPS) is 20.8. The lowest BCUT2D eigenvalue weighted by molar-refractivity contribution is -0.0642. The second kappa shape index (κ2) is 10.3. The molecule has 5 nitrogen and oxygen atoms in total. The van der Waals surface area contributed by atoms with Crippen molar-refractivity contribution in [2.45, 2.75) is 45.5 Å². The summed E-state index contributed by atoms with van der Waals surface area (Å²) >= 11 is 0. The molecule has 1 saturated heterocycles. The number of aromatic nitrogens is 1. The first-order chi connectivity index (χ1) is 13.4. The number of pyridine rings is 1. The van der Waals surface area contributed by atoms with Gasteiger partial charge in [-0.15, -0.1) is 0 Å². The quantitative estimate of drug-likeness (QED) is 0.458. The molecule has 0 saturated carbocycles. The Balaban J connectivity index is 0.00000136. The number of hydroxylamine groups is 2. The van der Waals surface area contributed by atoms with Crippen molar-refractivity contribution in [2.24, 2.45) is 5.92 Å². The molecule has 1 aromatic rings. The lowest BCUT2D eigenvalue weighted by atomic mass is 10.1. The van der Waals surface area contributed by atoms with Gasteiger partial charge in [0.2, 0.25) is 0 Å². The molecule has 1 unspecified atom stereocenters. The van der Waals surface area contributed by atoms with E-state index < -0.39 is 11.8 Å². The van der Waals surface area contributed by atoms with Gasteiger partial charge in [0, 0.05) is 43.7 Å². The monoisotopic (exact) mass is 393 g/mol. The van der Waals surface area contributed by atoms with Gasteiger partial charge in [0.1, 0.15) is 5.69 Å². The third-order valence-electron chi connectivity index (χ3n) is 4.75. The molecule has 0 aromatic carbocycles. The van der Waals surface area contributed by atoms with Gasteiger partial charge in [-0.3, -0.25) is 15.0 Å². The van der Waals surface area contributed by atoms with Gasteiger partial charge in [0.05, 0.1) is 6.54 Å². The van der Waals surface area contributed by atoms with Gasteiger partial charge in [0.25, 0.3) is 11.8 Å². The van der Waals surface area contributed by atoms with E-state index in [1.165, 1.54) is 6.20 Å². The highest BCUT2D eigenvalue weighted by atomic mass is 19.3. The summed E-state index contributed by atoms with van der Waals surface area (Å²) < 4.78 is 26.6. The topological polar surface area (TPSA) is 56.7 Å².